The van der Waals surface area contributed by atoms with E-state index in [0.717, 1.165) is 51.4 Å². The molecule has 0 aliphatic carbocycles. The molecular weight excluding hydrogens is 1040 g/mol. The van der Waals surface area contributed by atoms with Gasteiger partial charge in [-0.1, -0.05) is 340 Å². The van der Waals surface area contributed by atoms with Crippen LogP contribution < -0.4 is 5.32 Å². The van der Waals surface area contributed by atoms with Gasteiger partial charge in [-0.2, -0.15) is 0 Å². The lowest BCUT2D eigenvalue weighted by Crippen LogP contribution is -2.60. The lowest BCUT2D eigenvalue weighted by atomic mass is 9.98. The number of allylic oxidation sites excluding steroid dienone is 4. The number of carbonyl (C=O) groups is 1. The van der Waals surface area contributed by atoms with E-state index < -0.39 is 74.2 Å². The maximum atomic E-state index is 13.3. The Morgan fingerprint density at radius 3 is 1.07 bits per heavy atom. The predicted octanol–water partition coefficient (Wildman–Crippen LogP) is 17.6. The van der Waals surface area contributed by atoms with E-state index in [2.05, 4.69) is 43.5 Å². The number of amides is 1. The van der Waals surface area contributed by atoms with Gasteiger partial charge < -0.3 is 50.5 Å². The summed E-state index contributed by atoms with van der Waals surface area (Å²) >= 11 is 0. The number of rotatable bonds is 64. The topological polar surface area (TPSA) is 189 Å². The first-order valence-electron chi connectivity index (χ1n) is 36.2. The number of hydrogen-bond acceptors (Lipinski definition) is 10. The summed E-state index contributed by atoms with van der Waals surface area (Å²) in [5.74, 6) is -0.693. The summed E-state index contributed by atoms with van der Waals surface area (Å²) in [5.41, 5.74) is 0. The summed E-state index contributed by atoms with van der Waals surface area (Å²) in [7, 11) is 0. The fraction of sp³-hybridized carbons (Fsp3) is 0.931. The largest absolute Gasteiger partial charge is 0.394 e. The van der Waals surface area contributed by atoms with Crippen molar-refractivity contribution in [2.45, 2.75) is 416 Å². The van der Waals surface area contributed by atoms with E-state index in [1.165, 1.54) is 270 Å². The maximum absolute atomic E-state index is 13.3. The number of ether oxygens (including phenoxy) is 2. The van der Waals surface area contributed by atoms with Crippen molar-refractivity contribution < 1.29 is 50.0 Å². The van der Waals surface area contributed by atoms with Gasteiger partial charge in [0.25, 0.3) is 0 Å². The molecule has 0 aromatic carbocycles. The Morgan fingerprint density at radius 2 is 0.735 bits per heavy atom. The predicted molar refractivity (Wildman–Crippen MR) is 349 cm³/mol. The average molecular weight is 1180 g/mol. The number of carbonyl (C=O) groups excluding carboxylic acids is 1. The van der Waals surface area contributed by atoms with Crippen LogP contribution >= 0.6 is 0 Å². The first kappa shape index (κ1) is 79.6. The molecule has 492 valence electrons. The third-order valence-corrected chi connectivity index (χ3v) is 17.8. The molecule has 1 fully saturated rings. The van der Waals surface area contributed by atoms with Crippen LogP contribution in [-0.2, 0) is 14.3 Å². The SMILES string of the molecule is CCCCCCCCCCC/C=C\C/C=C\CCCCCCCCCCCCC(O)C(=O)NC(COC1OC(CO)C(O)C(O)C1O)C(O)C(O)CCCCCCCCCCCCCCCCCCCCCCCCCCCCCCCC. The van der Waals surface area contributed by atoms with Crippen molar-refractivity contribution in [3.05, 3.63) is 24.3 Å². The number of unbranched alkanes of at least 4 members (excludes halogenated alkanes) is 48. The molecule has 8 N–H and O–H groups in total. The van der Waals surface area contributed by atoms with E-state index in [4.69, 9.17) is 9.47 Å². The third kappa shape index (κ3) is 48.2. The molecule has 0 saturated carbocycles. The molecule has 1 amide bonds. The van der Waals surface area contributed by atoms with Gasteiger partial charge in [0.2, 0.25) is 5.91 Å². The van der Waals surface area contributed by atoms with Crippen LogP contribution in [0.4, 0.5) is 0 Å². The van der Waals surface area contributed by atoms with Gasteiger partial charge in [0.1, 0.15) is 36.6 Å². The van der Waals surface area contributed by atoms with Crippen molar-refractivity contribution in [3.63, 3.8) is 0 Å². The van der Waals surface area contributed by atoms with Gasteiger partial charge >= 0.3 is 0 Å². The maximum Gasteiger partial charge on any atom is 0.249 e. The minimum atomic E-state index is -1.66. The molecule has 83 heavy (non-hydrogen) atoms. The normalized spacial score (nSPS) is 19.1. The fourth-order valence-corrected chi connectivity index (χ4v) is 11.9. The molecule has 0 spiro atoms. The van der Waals surface area contributed by atoms with Crippen molar-refractivity contribution in [3.8, 4) is 0 Å². The zero-order valence-electron chi connectivity index (χ0n) is 54.5. The van der Waals surface area contributed by atoms with Crippen LogP contribution in [0.1, 0.15) is 361 Å². The zero-order valence-corrected chi connectivity index (χ0v) is 54.5. The molecule has 9 unspecified atom stereocenters. The van der Waals surface area contributed by atoms with E-state index in [-0.39, 0.29) is 6.42 Å². The fourth-order valence-electron chi connectivity index (χ4n) is 11.9. The number of aliphatic hydroxyl groups excluding tert-OH is 7. The van der Waals surface area contributed by atoms with Gasteiger partial charge in [0.05, 0.1) is 25.4 Å². The second kappa shape index (κ2) is 60.9. The van der Waals surface area contributed by atoms with Gasteiger partial charge in [-0.15, -0.1) is 0 Å². The number of nitrogens with one attached hydrogen (secondary N) is 1. The summed E-state index contributed by atoms with van der Waals surface area (Å²) in [5, 5.41) is 76.6. The van der Waals surface area contributed by atoms with Gasteiger partial charge in [0, 0.05) is 0 Å². The lowest BCUT2D eigenvalue weighted by molar-refractivity contribution is -0.303. The van der Waals surface area contributed by atoms with E-state index in [1.54, 1.807) is 0 Å². The molecule has 1 aliphatic heterocycles. The Labute approximate surface area is 512 Å². The van der Waals surface area contributed by atoms with E-state index in [0.29, 0.717) is 19.3 Å². The van der Waals surface area contributed by atoms with Crippen LogP contribution in [0.15, 0.2) is 24.3 Å². The molecule has 0 bridgehead atoms. The first-order chi connectivity index (χ1) is 40.7. The Balaban J connectivity index is 2.19. The summed E-state index contributed by atoms with van der Waals surface area (Å²) in [4.78, 5) is 13.3. The van der Waals surface area contributed by atoms with Crippen LogP contribution in [0.3, 0.4) is 0 Å². The van der Waals surface area contributed by atoms with Crippen LogP contribution in [0.2, 0.25) is 0 Å². The monoisotopic (exact) mass is 1180 g/mol. The smallest absolute Gasteiger partial charge is 0.249 e. The molecule has 1 saturated heterocycles. The highest BCUT2D eigenvalue weighted by atomic mass is 16.7. The van der Waals surface area contributed by atoms with Crippen molar-refractivity contribution in [1.82, 2.24) is 5.32 Å². The number of aliphatic hydroxyl groups is 7. The van der Waals surface area contributed by atoms with Crippen LogP contribution in [0.5, 0.6) is 0 Å². The molecule has 0 aromatic heterocycles. The van der Waals surface area contributed by atoms with Crippen molar-refractivity contribution in [2.75, 3.05) is 13.2 Å². The summed E-state index contributed by atoms with van der Waals surface area (Å²) < 4.78 is 11.2. The number of hydrogen-bond donors (Lipinski definition) is 8. The van der Waals surface area contributed by atoms with Gasteiger partial charge in [-0.05, 0) is 44.9 Å². The summed E-state index contributed by atoms with van der Waals surface area (Å²) in [6.45, 7) is 3.52. The third-order valence-electron chi connectivity index (χ3n) is 17.8. The molecule has 11 heteroatoms. The Hall–Kier alpha value is -1.41. The van der Waals surface area contributed by atoms with Crippen molar-refractivity contribution in [2.24, 2.45) is 0 Å². The molecular formula is C72H139NO10. The summed E-state index contributed by atoms with van der Waals surface area (Å²) in [6.07, 6.45) is 65.5. The molecule has 0 radical (unpaired) electrons. The minimum Gasteiger partial charge on any atom is -0.394 e. The second-order valence-electron chi connectivity index (χ2n) is 25.7. The Morgan fingerprint density at radius 1 is 0.422 bits per heavy atom. The van der Waals surface area contributed by atoms with E-state index in [1.807, 2.05) is 0 Å². The Kier molecular flexibility index (Phi) is 58.4. The van der Waals surface area contributed by atoms with E-state index >= 15 is 0 Å². The second-order valence-corrected chi connectivity index (χ2v) is 25.7. The molecule has 0 aromatic rings. The van der Waals surface area contributed by atoms with Crippen molar-refractivity contribution >= 4 is 5.91 Å². The quantitative estimate of drug-likeness (QED) is 0.0215. The summed E-state index contributed by atoms with van der Waals surface area (Å²) in [6, 6.07) is -1.17. The average Bonchev–Trinajstić information content (AvgIpc) is 3.68. The molecule has 1 aliphatic rings. The highest BCUT2D eigenvalue weighted by Crippen LogP contribution is 2.24. The van der Waals surface area contributed by atoms with Gasteiger partial charge in [0.15, 0.2) is 6.29 Å². The highest BCUT2D eigenvalue weighted by molar-refractivity contribution is 5.80. The van der Waals surface area contributed by atoms with Gasteiger partial charge in [-0.25, -0.2) is 0 Å². The Bertz CT molecular complexity index is 1400. The lowest BCUT2D eigenvalue weighted by Gasteiger charge is -2.40. The molecule has 1 rings (SSSR count). The van der Waals surface area contributed by atoms with Crippen molar-refractivity contribution in [1.29, 1.82) is 0 Å². The minimum absolute atomic E-state index is 0.258. The first-order valence-corrected chi connectivity index (χ1v) is 36.2. The van der Waals surface area contributed by atoms with Gasteiger partial charge in [-0.3, -0.25) is 4.79 Å². The molecule has 1 heterocycles. The van der Waals surface area contributed by atoms with E-state index in [9.17, 15) is 40.5 Å². The highest BCUT2D eigenvalue weighted by Gasteiger charge is 2.44. The molecule has 9 atom stereocenters. The van der Waals surface area contributed by atoms with Crippen LogP contribution in [0, 0.1) is 0 Å². The zero-order chi connectivity index (χ0) is 60.3. The molecule has 11 nitrogen and oxygen atoms in total. The van der Waals surface area contributed by atoms with Crippen LogP contribution in [0.25, 0.3) is 0 Å². The van der Waals surface area contributed by atoms with Crippen LogP contribution in [-0.4, -0.2) is 110 Å². The standard InChI is InChI=1S/C72H139NO10/c1-3-5-7-9-11-13-15-17-19-21-23-25-27-29-31-32-33-34-36-37-39-41-43-45-47-49-51-53-55-57-59-64(75)67(77)63(62-82-72-70(80)69(79)68(78)66(61-74)83-72)73-71(81)65(76)60-58-56-54-52-50-48-46-44-42-40-38-35-30-28-26-24-22-20-18-16-14-12-10-8-6-4-2/h24,26,30,35,63-70,72,74-80H,3-23,25,27-29,31-34,36-62H2,1-2H3,(H,73,81)/b26-24-,35-30-.